The molecule has 0 saturated carbocycles. The molecule has 2 aromatic rings. The average Bonchev–Trinajstić information content (AvgIpc) is 3.34. The molecular weight excluding hydrogens is 392 g/mol. The lowest BCUT2D eigenvalue weighted by molar-refractivity contribution is 0.0730. The molecule has 1 atom stereocenters. The van der Waals surface area contributed by atoms with Crippen LogP contribution in [0.5, 0.6) is 0 Å². The van der Waals surface area contributed by atoms with Crippen molar-refractivity contribution in [3.8, 4) is 0 Å². The summed E-state index contributed by atoms with van der Waals surface area (Å²) in [6.45, 7) is 6.97. The Hall–Kier alpha value is -1.52. The number of aryl methyl sites for hydroxylation is 1. The van der Waals surface area contributed by atoms with E-state index in [1.807, 2.05) is 6.07 Å². The van der Waals surface area contributed by atoms with E-state index >= 15 is 0 Å². The van der Waals surface area contributed by atoms with Gasteiger partial charge in [-0.3, -0.25) is 4.90 Å². The molecule has 0 radical (unpaired) electrons. The highest BCUT2D eigenvalue weighted by molar-refractivity contribution is 7.89. The molecule has 1 aromatic carbocycles. The van der Waals surface area contributed by atoms with Crippen LogP contribution in [0.1, 0.15) is 25.6 Å². The lowest BCUT2D eigenvalue weighted by atomic mass is 10.2. The normalized spacial score (nSPS) is 21.4. The predicted octanol–water partition coefficient (Wildman–Crippen LogP) is 1.69. The highest BCUT2D eigenvalue weighted by atomic mass is 32.2. The van der Waals surface area contributed by atoms with Crippen LogP contribution in [0.2, 0.25) is 0 Å². The summed E-state index contributed by atoms with van der Waals surface area (Å²) in [6, 6.07) is 5.28. The number of nitrogens with zero attached hydrogens (tertiary/aromatic N) is 4. The minimum Gasteiger partial charge on any atom is -0.379 e. The van der Waals surface area contributed by atoms with Crippen molar-refractivity contribution < 1.29 is 17.9 Å². The first kappa shape index (κ1) is 20.7. The largest absolute Gasteiger partial charge is 0.379 e. The molecule has 2 fully saturated rings. The topological polar surface area (TPSA) is 76.9 Å². The summed E-state index contributed by atoms with van der Waals surface area (Å²) in [5, 5.41) is 0. The molecule has 29 heavy (non-hydrogen) atoms. The third-order valence-electron chi connectivity index (χ3n) is 5.67. The SMILES string of the molecule is CCn1c(CN(C)CC2CCCO2)nc2cc(S(=O)(=O)N3CCOCC3)ccc21. The number of ether oxygens (including phenoxy) is 2. The van der Waals surface area contributed by atoms with Gasteiger partial charge in [0.15, 0.2) is 0 Å². The van der Waals surface area contributed by atoms with Gasteiger partial charge in [-0.25, -0.2) is 13.4 Å². The molecular formula is C20H30N4O4S. The standard InChI is InChI=1S/C20H30N4O4S/c1-3-24-19-7-6-17(29(25,26)23-8-11-27-12-9-23)13-18(19)21-20(24)15-22(2)14-16-5-4-10-28-16/h6-7,13,16H,3-5,8-12,14-15H2,1-2H3. The number of morpholine rings is 1. The Bertz CT molecular complexity index is 947. The number of sulfonamides is 1. The van der Waals surface area contributed by atoms with E-state index in [4.69, 9.17) is 14.5 Å². The van der Waals surface area contributed by atoms with Crippen LogP contribution in [0, 0.1) is 0 Å². The fourth-order valence-corrected chi connectivity index (χ4v) is 5.60. The van der Waals surface area contributed by atoms with Crippen LogP contribution in [0.4, 0.5) is 0 Å². The van der Waals surface area contributed by atoms with Crippen LogP contribution in [-0.2, 0) is 32.6 Å². The molecule has 1 unspecified atom stereocenters. The van der Waals surface area contributed by atoms with Crippen molar-refractivity contribution in [2.75, 3.05) is 46.5 Å². The second-order valence-corrected chi connectivity index (χ2v) is 9.71. The lowest BCUT2D eigenvalue weighted by Crippen LogP contribution is -2.40. The van der Waals surface area contributed by atoms with Crippen molar-refractivity contribution in [1.82, 2.24) is 18.8 Å². The van der Waals surface area contributed by atoms with Crippen molar-refractivity contribution in [3.63, 3.8) is 0 Å². The van der Waals surface area contributed by atoms with Crippen LogP contribution < -0.4 is 0 Å². The minimum atomic E-state index is -3.53. The summed E-state index contributed by atoms with van der Waals surface area (Å²) in [7, 11) is -1.45. The average molecular weight is 423 g/mol. The van der Waals surface area contributed by atoms with Crippen molar-refractivity contribution >= 4 is 21.1 Å². The maximum absolute atomic E-state index is 13.0. The number of hydrogen-bond donors (Lipinski definition) is 0. The first-order valence-electron chi connectivity index (χ1n) is 10.4. The van der Waals surface area contributed by atoms with E-state index in [-0.39, 0.29) is 0 Å². The fraction of sp³-hybridized carbons (Fsp3) is 0.650. The molecule has 9 heteroatoms. The molecule has 160 valence electrons. The summed E-state index contributed by atoms with van der Waals surface area (Å²) in [5.41, 5.74) is 1.69. The first-order valence-corrected chi connectivity index (χ1v) is 11.8. The fourth-order valence-electron chi connectivity index (χ4n) is 4.17. The van der Waals surface area contributed by atoms with E-state index in [2.05, 4.69) is 23.4 Å². The lowest BCUT2D eigenvalue weighted by Gasteiger charge is -2.26. The van der Waals surface area contributed by atoms with Crippen molar-refractivity contribution in [3.05, 3.63) is 24.0 Å². The van der Waals surface area contributed by atoms with Crippen molar-refractivity contribution in [2.24, 2.45) is 0 Å². The van der Waals surface area contributed by atoms with Gasteiger partial charge in [-0.05, 0) is 45.0 Å². The highest BCUT2D eigenvalue weighted by Crippen LogP contribution is 2.24. The Balaban J connectivity index is 1.58. The molecule has 3 heterocycles. The Morgan fingerprint density at radius 2 is 2.03 bits per heavy atom. The van der Waals surface area contributed by atoms with Crippen LogP contribution in [-0.4, -0.2) is 79.8 Å². The Labute approximate surface area is 172 Å². The summed E-state index contributed by atoms with van der Waals surface area (Å²) in [4.78, 5) is 7.32. The van der Waals surface area contributed by atoms with E-state index < -0.39 is 10.0 Å². The van der Waals surface area contributed by atoms with Crippen LogP contribution >= 0.6 is 0 Å². The van der Waals surface area contributed by atoms with Crippen LogP contribution in [0.25, 0.3) is 11.0 Å². The predicted molar refractivity (Wildman–Crippen MR) is 110 cm³/mol. The molecule has 2 saturated heterocycles. The molecule has 0 amide bonds. The molecule has 0 bridgehead atoms. The van der Waals surface area contributed by atoms with Gasteiger partial charge in [0.05, 0.1) is 41.8 Å². The van der Waals surface area contributed by atoms with Gasteiger partial charge in [-0.2, -0.15) is 4.31 Å². The third-order valence-corrected chi connectivity index (χ3v) is 7.57. The molecule has 0 spiro atoms. The number of likely N-dealkylation sites (N-methyl/N-ethyl adjacent to an activating group) is 1. The second kappa shape index (κ2) is 8.69. The van der Waals surface area contributed by atoms with Gasteiger partial charge in [-0.15, -0.1) is 0 Å². The van der Waals surface area contributed by atoms with Gasteiger partial charge in [0.1, 0.15) is 5.82 Å². The van der Waals surface area contributed by atoms with E-state index in [1.165, 1.54) is 4.31 Å². The third kappa shape index (κ3) is 4.34. The molecule has 8 nitrogen and oxygen atoms in total. The molecule has 1 aromatic heterocycles. The zero-order chi connectivity index (χ0) is 20.4. The molecule has 0 aliphatic carbocycles. The van der Waals surface area contributed by atoms with E-state index in [9.17, 15) is 8.42 Å². The van der Waals surface area contributed by atoms with Crippen LogP contribution in [0.15, 0.2) is 23.1 Å². The van der Waals surface area contributed by atoms with Crippen molar-refractivity contribution in [2.45, 2.75) is 43.9 Å². The van der Waals surface area contributed by atoms with E-state index in [0.717, 1.165) is 49.4 Å². The summed E-state index contributed by atoms with van der Waals surface area (Å²) >= 11 is 0. The smallest absolute Gasteiger partial charge is 0.243 e. The zero-order valence-corrected chi connectivity index (χ0v) is 18.0. The molecule has 4 rings (SSSR count). The summed E-state index contributed by atoms with van der Waals surface area (Å²) in [5.74, 6) is 0.948. The number of imidazole rings is 1. The second-order valence-electron chi connectivity index (χ2n) is 7.77. The van der Waals surface area contributed by atoms with Gasteiger partial charge in [0.2, 0.25) is 10.0 Å². The number of fused-ring (bicyclic) bond motifs is 1. The van der Waals surface area contributed by atoms with E-state index in [0.29, 0.717) is 43.8 Å². The monoisotopic (exact) mass is 422 g/mol. The van der Waals surface area contributed by atoms with Gasteiger partial charge in [0, 0.05) is 32.8 Å². The highest BCUT2D eigenvalue weighted by Gasteiger charge is 2.27. The summed E-state index contributed by atoms with van der Waals surface area (Å²) in [6.07, 6.45) is 2.54. The Kier molecular flexibility index (Phi) is 6.21. The van der Waals surface area contributed by atoms with Gasteiger partial charge in [-0.1, -0.05) is 0 Å². The molecule has 2 aliphatic heterocycles. The van der Waals surface area contributed by atoms with Gasteiger partial charge in [0.25, 0.3) is 0 Å². The van der Waals surface area contributed by atoms with E-state index in [1.54, 1.807) is 12.1 Å². The quantitative estimate of drug-likeness (QED) is 0.676. The number of benzene rings is 1. The minimum absolute atomic E-state index is 0.296. The van der Waals surface area contributed by atoms with Crippen molar-refractivity contribution in [1.29, 1.82) is 0 Å². The number of rotatable bonds is 7. The zero-order valence-electron chi connectivity index (χ0n) is 17.2. The maximum Gasteiger partial charge on any atom is 0.243 e. The molecule has 0 N–H and O–H groups in total. The summed E-state index contributed by atoms with van der Waals surface area (Å²) < 4.78 is 40.6. The number of hydrogen-bond acceptors (Lipinski definition) is 6. The maximum atomic E-state index is 13.0. The van der Waals surface area contributed by atoms with Crippen LogP contribution in [0.3, 0.4) is 0 Å². The Morgan fingerprint density at radius 3 is 2.72 bits per heavy atom. The van der Waals surface area contributed by atoms with Gasteiger partial charge >= 0.3 is 0 Å². The number of aromatic nitrogens is 2. The first-order chi connectivity index (χ1) is 14.0. The Morgan fingerprint density at radius 1 is 1.24 bits per heavy atom. The molecule has 2 aliphatic rings. The van der Waals surface area contributed by atoms with Gasteiger partial charge < -0.3 is 14.0 Å².